The van der Waals surface area contributed by atoms with E-state index in [0.717, 1.165) is 24.5 Å². The van der Waals surface area contributed by atoms with Gasteiger partial charge in [0.05, 0.1) is 6.54 Å². The molecule has 1 N–H and O–H groups in total. The molecule has 0 bridgehead atoms. The molecule has 1 aromatic rings. The van der Waals surface area contributed by atoms with E-state index >= 15 is 0 Å². The van der Waals surface area contributed by atoms with E-state index in [-0.39, 0.29) is 5.91 Å². The summed E-state index contributed by atoms with van der Waals surface area (Å²) in [5.74, 6) is 0.772. The lowest BCUT2D eigenvalue weighted by Crippen LogP contribution is -2.36. The third-order valence-electron chi connectivity index (χ3n) is 3.30. The molecule has 0 aromatic heterocycles. The second-order valence-corrected chi connectivity index (χ2v) is 5.01. The van der Waals surface area contributed by atoms with Gasteiger partial charge in [-0.1, -0.05) is 25.1 Å². The summed E-state index contributed by atoms with van der Waals surface area (Å²) in [6, 6.07) is 7.44. The first-order valence-electron chi connectivity index (χ1n) is 7.14. The van der Waals surface area contributed by atoms with Crippen LogP contribution in [0.3, 0.4) is 0 Å². The second-order valence-electron chi connectivity index (χ2n) is 5.01. The number of likely N-dealkylation sites (tertiary alicyclic amines) is 1. The Balaban J connectivity index is 1.85. The van der Waals surface area contributed by atoms with Gasteiger partial charge in [-0.15, -0.1) is 0 Å². The summed E-state index contributed by atoms with van der Waals surface area (Å²) < 4.78 is 5.45. The molecule has 1 aliphatic rings. The Morgan fingerprint density at radius 1 is 1.35 bits per heavy atom. The molecule has 0 unspecified atom stereocenters. The van der Waals surface area contributed by atoms with Crippen LogP contribution in [0.2, 0.25) is 0 Å². The number of ether oxygens (including phenoxy) is 1. The first-order valence-corrected chi connectivity index (χ1v) is 7.14. The van der Waals surface area contributed by atoms with Crippen molar-refractivity contribution in [3.05, 3.63) is 36.9 Å². The maximum Gasteiger partial charge on any atom is 0.238 e. The molecular formula is C16H22N2O2. The molecule has 4 nitrogen and oxygen atoms in total. The normalized spacial score (nSPS) is 15.6. The van der Waals surface area contributed by atoms with E-state index in [2.05, 4.69) is 16.8 Å². The molecule has 1 aromatic carbocycles. The summed E-state index contributed by atoms with van der Waals surface area (Å²) in [5, 5.41) is 2.92. The van der Waals surface area contributed by atoms with Gasteiger partial charge in [-0.25, -0.2) is 0 Å². The van der Waals surface area contributed by atoms with E-state index in [9.17, 15) is 4.79 Å². The number of carbonyl (C=O) groups excluding carboxylic acids is 1. The molecule has 2 rings (SSSR count). The SMILES string of the molecule is C=CCOc1cccc(NC(=O)CN2CCCCC2)c1. The smallest absolute Gasteiger partial charge is 0.238 e. The Kier molecular flexibility index (Phi) is 5.62. The lowest BCUT2D eigenvalue weighted by molar-refractivity contribution is -0.117. The minimum absolute atomic E-state index is 0.0350. The molecular weight excluding hydrogens is 252 g/mol. The van der Waals surface area contributed by atoms with E-state index in [0.29, 0.717) is 13.2 Å². The fraction of sp³-hybridized carbons (Fsp3) is 0.438. The van der Waals surface area contributed by atoms with Crippen molar-refractivity contribution in [3.63, 3.8) is 0 Å². The highest BCUT2D eigenvalue weighted by Gasteiger charge is 2.13. The number of hydrogen-bond acceptors (Lipinski definition) is 3. The van der Waals surface area contributed by atoms with E-state index in [1.807, 2.05) is 24.3 Å². The van der Waals surface area contributed by atoms with Crippen molar-refractivity contribution in [2.75, 3.05) is 31.6 Å². The van der Waals surface area contributed by atoms with E-state index in [1.165, 1.54) is 19.3 Å². The van der Waals surface area contributed by atoms with Gasteiger partial charge in [-0.3, -0.25) is 9.69 Å². The molecule has 0 atom stereocenters. The van der Waals surface area contributed by atoms with Crippen LogP contribution in [-0.4, -0.2) is 37.0 Å². The number of carbonyl (C=O) groups is 1. The van der Waals surface area contributed by atoms with E-state index < -0.39 is 0 Å². The number of amides is 1. The Labute approximate surface area is 120 Å². The first-order chi connectivity index (χ1) is 9.78. The molecule has 1 amide bonds. The zero-order valence-electron chi connectivity index (χ0n) is 11.8. The minimum atomic E-state index is 0.0350. The Hall–Kier alpha value is -1.81. The molecule has 1 aliphatic heterocycles. The van der Waals surface area contributed by atoms with Crippen molar-refractivity contribution in [3.8, 4) is 5.75 Å². The molecule has 1 heterocycles. The first kappa shape index (κ1) is 14.6. The highest BCUT2D eigenvalue weighted by Crippen LogP contribution is 2.17. The fourth-order valence-electron chi connectivity index (χ4n) is 2.34. The molecule has 1 saturated heterocycles. The fourth-order valence-corrected chi connectivity index (χ4v) is 2.34. The van der Waals surface area contributed by atoms with Crippen molar-refractivity contribution in [2.45, 2.75) is 19.3 Å². The van der Waals surface area contributed by atoms with Gasteiger partial charge in [0, 0.05) is 11.8 Å². The Morgan fingerprint density at radius 3 is 2.90 bits per heavy atom. The van der Waals surface area contributed by atoms with Crippen LogP contribution in [-0.2, 0) is 4.79 Å². The summed E-state index contributed by atoms with van der Waals surface area (Å²) in [7, 11) is 0. The van der Waals surface area contributed by atoms with Crippen LogP contribution in [0, 0.1) is 0 Å². The number of benzene rings is 1. The quantitative estimate of drug-likeness (QED) is 0.811. The summed E-state index contributed by atoms with van der Waals surface area (Å²) in [6.07, 6.45) is 5.36. The minimum Gasteiger partial charge on any atom is -0.489 e. The number of rotatable bonds is 6. The largest absolute Gasteiger partial charge is 0.489 e. The highest BCUT2D eigenvalue weighted by atomic mass is 16.5. The predicted octanol–water partition coefficient (Wildman–Crippen LogP) is 2.68. The maximum atomic E-state index is 12.0. The monoisotopic (exact) mass is 274 g/mol. The number of hydrogen-bond donors (Lipinski definition) is 1. The summed E-state index contributed by atoms with van der Waals surface area (Å²) >= 11 is 0. The number of nitrogens with one attached hydrogen (secondary N) is 1. The van der Waals surface area contributed by atoms with Crippen molar-refractivity contribution >= 4 is 11.6 Å². The lowest BCUT2D eigenvalue weighted by Gasteiger charge is -2.25. The van der Waals surface area contributed by atoms with Gasteiger partial charge in [0.15, 0.2) is 0 Å². The predicted molar refractivity (Wildman–Crippen MR) is 81.1 cm³/mol. The Morgan fingerprint density at radius 2 is 2.15 bits per heavy atom. The van der Waals surface area contributed by atoms with Crippen molar-refractivity contribution in [1.29, 1.82) is 0 Å². The third kappa shape index (κ3) is 4.70. The third-order valence-corrected chi connectivity index (χ3v) is 3.30. The molecule has 4 heteroatoms. The van der Waals surface area contributed by atoms with Gasteiger partial charge < -0.3 is 10.1 Å². The summed E-state index contributed by atoms with van der Waals surface area (Å²) in [4.78, 5) is 14.2. The van der Waals surface area contributed by atoms with Crippen LogP contribution in [0.1, 0.15) is 19.3 Å². The lowest BCUT2D eigenvalue weighted by atomic mass is 10.1. The van der Waals surface area contributed by atoms with E-state index in [1.54, 1.807) is 6.08 Å². The average molecular weight is 274 g/mol. The maximum absolute atomic E-state index is 12.0. The van der Waals surface area contributed by atoms with Crippen LogP contribution in [0.4, 0.5) is 5.69 Å². The highest BCUT2D eigenvalue weighted by molar-refractivity contribution is 5.92. The molecule has 0 spiro atoms. The zero-order chi connectivity index (χ0) is 14.2. The van der Waals surface area contributed by atoms with Gasteiger partial charge in [-0.2, -0.15) is 0 Å². The van der Waals surface area contributed by atoms with E-state index in [4.69, 9.17) is 4.74 Å². The van der Waals surface area contributed by atoms with Gasteiger partial charge in [0.2, 0.25) is 5.91 Å². The van der Waals surface area contributed by atoms with Crippen molar-refractivity contribution in [2.24, 2.45) is 0 Å². The number of nitrogens with zero attached hydrogens (tertiary/aromatic N) is 1. The second kappa shape index (κ2) is 7.70. The van der Waals surface area contributed by atoms with Crippen molar-refractivity contribution in [1.82, 2.24) is 4.90 Å². The van der Waals surface area contributed by atoms with Crippen LogP contribution >= 0.6 is 0 Å². The zero-order valence-corrected chi connectivity index (χ0v) is 11.8. The molecule has 0 radical (unpaired) electrons. The summed E-state index contributed by atoms with van der Waals surface area (Å²) in [6.45, 7) is 6.59. The standard InChI is InChI=1S/C16H22N2O2/c1-2-11-20-15-8-6-7-14(12-15)17-16(19)13-18-9-4-3-5-10-18/h2,6-8,12H,1,3-5,9-11,13H2,(H,17,19). The van der Waals surface area contributed by atoms with Crippen LogP contribution in [0.25, 0.3) is 0 Å². The van der Waals surface area contributed by atoms with Gasteiger partial charge in [0.1, 0.15) is 12.4 Å². The van der Waals surface area contributed by atoms with Gasteiger partial charge in [-0.05, 0) is 38.1 Å². The number of anilines is 1. The van der Waals surface area contributed by atoms with Crippen molar-refractivity contribution < 1.29 is 9.53 Å². The Bertz CT molecular complexity index is 454. The molecule has 108 valence electrons. The molecule has 0 saturated carbocycles. The van der Waals surface area contributed by atoms with Gasteiger partial charge in [0.25, 0.3) is 0 Å². The van der Waals surface area contributed by atoms with Crippen LogP contribution in [0.15, 0.2) is 36.9 Å². The summed E-state index contributed by atoms with van der Waals surface area (Å²) in [5.41, 5.74) is 0.772. The number of piperidine rings is 1. The molecule has 1 fully saturated rings. The average Bonchev–Trinajstić information content (AvgIpc) is 2.46. The van der Waals surface area contributed by atoms with Crippen LogP contribution in [0.5, 0.6) is 5.75 Å². The molecule has 0 aliphatic carbocycles. The van der Waals surface area contributed by atoms with Gasteiger partial charge >= 0.3 is 0 Å². The van der Waals surface area contributed by atoms with Crippen LogP contribution < -0.4 is 10.1 Å². The molecule has 20 heavy (non-hydrogen) atoms. The topological polar surface area (TPSA) is 41.6 Å².